The average molecular weight is 427 g/mol. The first-order valence-corrected chi connectivity index (χ1v) is 11.7. The van der Waals surface area contributed by atoms with Crippen molar-refractivity contribution in [2.75, 3.05) is 0 Å². The molecular weight excluding hydrogens is 392 g/mol. The Bertz CT molecular complexity index is 840. The van der Waals surface area contributed by atoms with Gasteiger partial charge in [-0.3, -0.25) is 14.4 Å². The lowest BCUT2D eigenvalue weighted by Crippen LogP contribution is -2.57. The predicted octanol–water partition coefficient (Wildman–Crippen LogP) is 1.95. The standard InChI is InChI=1S/C24H34N4O3/c1-15(25)22(29)27-20-11-5-3-9-17-13-14-21(28(17)24(20)31)23(30)26-19-12-6-8-16-7-2-4-10-18(16)19/h2,4,7,10,15,17,19-21H,3,5-6,8-9,11-14,25H2,1H3,(H,26,30)(H,27,29)/t15-,17-,19+,20-,21-/m0/s1. The number of amides is 3. The van der Waals surface area contributed by atoms with Crippen LogP contribution in [0.25, 0.3) is 0 Å². The summed E-state index contributed by atoms with van der Waals surface area (Å²) in [5.41, 5.74) is 8.18. The zero-order valence-corrected chi connectivity index (χ0v) is 18.3. The molecule has 1 aliphatic carbocycles. The maximum Gasteiger partial charge on any atom is 0.246 e. The van der Waals surface area contributed by atoms with Crippen molar-refractivity contribution in [3.63, 3.8) is 0 Å². The molecule has 3 amide bonds. The van der Waals surface area contributed by atoms with Gasteiger partial charge < -0.3 is 21.3 Å². The first-order chi connectivity index (χ1) is 15.0. The van der Waals surface area contributed by atoms with E-state index in [4.69, 9.17) is 5.73 Å². The smallest absolute Gasteiger partial charge is 0.246 e. The number of carbonyl (C=O) groups is 3. The van der Waals surface area contributed by atoms with Gasteiger partial charge in [-0.25, -0.2) is 0 Å². The third-order valence-corrected chi connectivity index (χ3v) is 7.05. The summed E-state index contributed by atoms with van der Waals surface area (Å²) in [5, 5.41) is 6.06. The van der Waals surface area contributed by atoms with E-state index >= 15 is 0 Å². The fourth-order valence-electron chi connectivity index (χ4n) is 5.40. The molecule has 3 aliphatic rings. The topological polar surface area (TPSA) is 105 Å². The van der Waals surface area contributed by atoms with Gasteiger partial charge in [0.2, 0.25) is 17.7 Å². The molecular formula is C24H34N4O3. The quantitative estimate of drug-likeness (QED) is 0.684. The molecule has 1 aromatic carbocycles. The Balaban J connectivity index is 1.50. The van der Waals surface area contributed by atoms with E-state index in [1.807, 2.05) is 12.1 Å². The van der Waals surface area contributed by atoms with Crippen molar-refractivity contribution in [1.29, 1.82) is 0 Å². The van der Waals surface area contributed by atoms with E-state index < -0.39 is 18.1 Å². The van der Waals surface area contributed by atoms with Crippen LogP contribution in [0.4, 0.5) is 0 Å². The zero-order chi connectivity index (χ0) is 22.0. The number of hydrogen-bond acceptors (Lipinski definition) is 4. The van der Waals surface area contributed by atoms with E-state index in [2.05, 4.69) is 22.8 Å². The van der Waals surface area contributed by atoms with Crippen LogP contribution in [0, 0.1) is 0 Å². The molecule has 0 saturated carbocycles. The average Bonchev–Trinajstić information content (AvgIpc) is 3.18. The van der Waals surface area contributed by atoms with Crippen molar-refractivity contribution in [3.05, 3.63) is 35.4 Å². The van der Waals surface area contributed by atoms with Gasteiger partial charge in [-0.15, -0.1) is 0 Å². The Morgan fingerprint density at radius 1 is 1.00 bits per heavy atom. The van der Waals surface area contributed by atoms with Crippen LogP contribution in [0.3, 0.4) is 0 Å². The molecule has 0 aromatic heterocycles. The van der Waals surface area contributed by atoms with Gasteiger partial charge in [0.05, 0.1) is 12.1 Å². The van der Waals surface area contributed by atoms with Crippen molar-refractivity contribution in [1.82, 2.24) is 15.5 Å². The molecule has 1 aromatic rings. The molecule has 168 valence electrons. The molecule has 2 saturated heterocycles. The number of aryl methyl sites for hydroxylation is 1. The van der Waals surface area contributed by atoms with Crippen LogP contribution >= 0.6 is 0 Å². The van der Waals surface area contributed by atoms with Gasteiger partial charge >= 0.3 is 0 Å². The third kappa shape index (κ3) is 4.61. The van der Waals surface area contributed by atoms with Crippen LogP contribution in [0.5, 0.6) is 0 Å². The molecule has 0 bridgehead atoms. The number of rotatable bonds is 4. The van der Waals surface area contributed by atoms with Crippen LogP contribution in [0.2, 0.25) is 0 Å². The van der Waals surface area contributed by atoms with Crippen LogP contribution in [-0.2, 0) is 20.8 Å². The number of carbonyl (C=O) groups excluding carboxylic acids is 3. The monoisotopic (exact) mass is 426 g/mol. The Morgan fingerprint density at radius 3 is 2.55 bits per heavy atom. The van der Waals surface area contributed by atoms with Crippen LogP contribution < -0.4 is 16.4 Å². The van der Waals surface area contributed by atoms with E-state index in [9.17, 15) is 14.4 Å². The van der Waals surface area contributed by atoms with Gasteiger partial charge in [0, 0.05) is 6.04 Å². The molecule has 0 radical (unpaired) electrons. The molecule has 5 atom stereocenters. The summed E-state index contributed by atoms with van der Waals surface area (Å²) in [6.45, 7) is 1.61. The molecule has 2 aliphatic heterocycles. The lowest BCUT2D eigenvalue weighted by Gasteiger charge is -2.36. The fourth-order valence-corrected chi connectivity index (χ4v) is 5.40. The Morgan fingerprint density at radius 2 is 1.74 bits per heavy atom. The molecule has 4 N–H and O–H groups in total. The van der Waals surface area contributed by atoms with E-state index in [-0.39, 0.29) is 29.8 Å². The Kier molecular flexibility index (Phi) is 6.60. The number of hydrogen-bond donors (Lipinski definition) is 3. The van der Waals surface area contributed by atoms with Crippen LogP contribution in [0.15, 0.2) is 24.3 Å². The molecule has 2 heterocycles. The minimum atomic E-state index is -0.668. The summed E-state index contributed by atoms with van der Waals surface area (Å²) < 4.78 is 0. The van der Waals surface area contributed by atoms with Crippen molar-refractivity contribution in [3.8, 4) is 0 Å². The summed E-state index contributed by atoms with van der Waals surface area (Å²) >= 11 is 0. The second-order valence-corrected chi connectivity index (χ2v) is 9.28. The third-order valence-electron chi connectivity index (χ3n) is 7.05. The van der Waals surface area contributed by atoms with E-state index in [0.717, 1.165) is 44.9 Å². The maximum atomic E-state index is 13.4. The fraction of sp³-hybridized carbons (Fsp3) is 0.625. The molecule has 7 heteroatoms. The Hall–Kier alpha value is -2.41. The minimum absolute atomic E-state index is 0.00468. The van der Waals surface area contributed by atoms with Gasteiger partial charge in [-0.1, -0.05) is 37.1 Å². The lowest BCUT2D eigenvalue weighted by atomic mass is 9.87. The van der Waals surface area contributed by atoms with Gasteiger partial charge in [-0.05, 0) is 63.0 Å². The van der Waals surface area contributed by atoms with Gasteiger partial charge in [-0.2, -0.15) is 0 Å². The van der Waals surface area contributed by atoms with Crippen molar-refractivity contribution >= 4 is 17.7 Å². The molecule has 31 heavy (non-hydrogen) atoms. The second kappa shape index (κ2) is 9.39. The first-order valence-electron chi connectivity index (χ1n) is 11.7. The number of nitrogens with zero attached hydrogens (tertiary/aromatic N) is 1. The number of fused-ring (bicyclic) bond motifs is 2. The minimum Gasteiger partial charge on any atom is -0.347 e. The normalized spacial score (nSPS) is 29.2. The van der Waals surface area contributed by atoms with Crippen molar-refractivity contribution in [2.45, 2.75) is 94.9 Å². The van der Waals surface area contributed by atoms with Gasteiger partial charge in [0.1, 0.15) is 12.1 Å². The van der Waals surface area contributed by atoms with Crippen LogP contribution in [-0.4, -0.2) is 46.8 Å². The summed E-state index contributed by atoms with van der Waals surface area (Å²) in [5.74, 6) is -0.537. The van der Waals surface area contributed by atoms with Gasteiger partial charge in [0.25, 0.3) is 0 Å². The number of benzene rings is 1. The molecule has 7 nitrogen and oxygen atoms in total. The lowest BCUT2D eigenvalue weighted by molar-refractivity contribution is -0.144. The zero-order valence-electron chi connectivity index (χ0n) is 18.3. The highest BCUT2D eigenvalue weighted by Crippen LogP contribution is 2.33. The van der Waals surface area contributed by atoms with E-state index in [0.29, 0.717) is 12.8 Å². The van der Waals surface area contributed by atoms with Crippen molar-refractivity contribution in [2.24, 2.45) is 5.73 Å². The maximum absolute atomic E-state index is 13.4. The second-order valence-electron chi connectivity index (χ2n) is 9.28. The van der Waals surface area contributed by atoms with Gasteiger partial charge in [0.15, 0.2) is 0 Å². The van der Waals surface area contributed by atoms with Crippen molar-refractivity contribution < 1.29 is 14.4 Å². The highest BCUT2D eigenvalue weighted by atomic mass is 16.2. The largest absolute Gasteiger partial charge is 0.347 e. The number of nitrogens with two attached hydrogens (primary N) is 1. The molecule has 0 unspecified atom stereocenters. The SMILES string of the molecule is C[C@H](N)C(=O)N[C@H]1CCCC[C@H]2CC[C@@H](C(=O)N[C@@H]3CCCc4ccccc43)N2C1=O. The highest BCUT2D eigenvalue weighted by Gasteiger charge is 2.44. The Labute approximate surface area is 184 Å². The summed E-state index contributed by atoms with van der Waals surface area (Å²) in [6, 6.07) is 6.60. The number of nitrogens with one attached hydrogen (secondary N) is 2. The predicted molar refractivity (Wildman–Crippen MR) is 118 cm³/mol. The summed E-state index contributed by atoms with van der Waals surface area (Å²) in [7, 11) is 0. The molecule has 2 fully saturated rings. The summed E-state index contributed by atoms with van der Waals surface area (Å²) in [4.78, 5) is 40.7. The highest BCUT2D eigenvalue weighted by molar-refractivity contribution is 5.93. The van der Waals surface area contributed by atoms with Crippen LogP contribution in [0.1, 0.15) is 75.5 Å². The van der Waals surface area contributed by atoms with E-state index in [1.54, 1.807) is 11.8 Å². The molecule has 4 rings (SSSR count). The van der Waals surface area contributed by atoms with E-state index in [1.165, 1.54) is 11.1 Å². The summed E-state index contributed by atoms with van der Waals surface area (Å²) in [6.07, 6.45) is 7.88. The molecule has 0 spiro atoms. The first kappa shape index (κ1) is 21.8.